The average molecular weight is 216 g/mol. The van der Waals surface area contributed by atoms with Crippen LogP contribution in [0.2, 0.25) is 0 Å². The molecule has 0 aliphatic rings. The van der Waals surface area contributed by atoms with Crippen LogP contribution in [0.3, 0.4) is 0 Å². The zero-order valence-corrected chi connectivity index (χ0v) is 9.37. The molecule has 3 heteroatoms. The van der Waals surface area contributed by atoms with Gasteiger partial charge in [0.1, 0.15) is 11.9 Å². The number of hydrogen-bond acceptors (Lipinski definition) is 2. The third-order valence-electron chi connectivity index (χ3n) is 2.63. The maximum Gasteiger partial charge on any atom is 0.137 e. The summed E-state index contributed by atoms with van der Waals surface area (Å²) in [7, 11) is 0. The molecule has 0 aliphatic carbocycles. The van der Waals surface area contributed by atoms with E-state index in [1.807, 2.05) is 35.9 Å². The molecule has 0 aliphatic heterocycles. The quantitative estimate of drug-likeness (QED) is 0.852. The highest BCUT2D eigenvalue weighted by molar-refractivity contribution is 5.16. The van der Waals surface area contributed by atoms with E-state index in [2.05, 4.69) is 17.1 Å². The number of nitrogens with zero attached hydrogens (tertiary/aromatic N) is 2. The average Bonchev–Trinajstić information content (AvgIpc) is 2.77. The number of rotatable bonds is 4. The van der Waals surface area contributed by atoms with Gasteiger partial charge in [-0.05, 0) is 12.0 Å². The molecular weight excluding hydrogens is 200 g/mol. The second-order valence-electron chi connectivity index (χ2n) is 3.82. The topological polar surface area (TPSA) is 38.1 Å². The summed E-state index contributed by atoms with van der Waals surface area (Å²) in [6.45, 7) is 2.71. The van der Waals surface area contributed by atoms with Gasteiger partial charge in [-0.25, -0.2) is 4.98 Å². The molecule has 0 amide bonds. The predicted molar refractivity (Wildman–Crippen MR) is 63.0 cm³/mol. The number of benzene rings is 1. The Balaban J connectivity index is 2.19. The lowest BCUT2D eigenvalue weighted by Crippen LogP contribution is -2.08. The van der Waals surface area contributed by atoms with Gasteiger partial charge in [-0.2, -0.15) is 0 Å². The highest BCUT2D eigenvalue weighted by Crippen LogP contribution is 2.15. The van der Waals surface area contributed by atoms with Crippen LogP contribution in [-0.2, 0) is 6.54 Å². The maximum absolute atomic E-state index is 9.79. The molecule has 1 aromatic carbocycles. The first-order valence-corrected chi connectivity index (χ1v) is 5.54. The summed E-state index contributed by atoms with van der Waals surface area (Å²) in [5, 5.41) is 9.79. The number of hydrogen-bond donors (Lipinski definition) is 1. The van der Waals surface area contributed by atoms with E-state index in [9.17, 15) is 5.11 Å². The summed E-state index contributed by atoms with van der Waals surface area (Å²) < 4.78 is 1.99. The molecule has 0 fully saturated rings. The van der Waals surface area contributed by atoms with Crippen molar-refractivity contribution in [2.24, 2.45) is 0 Å². The molecule has 0 saturated heterocycles. The van der Waals surface area contributed by atoms with E-state index in [1.54, 1.807) is 6.20 Å². The van der Waals surface area contributed by atoms with Gasteiger partial charge in [0.25, 0.3) is 0 Å². The Bertz CT molecular complexity index is 436. The van der Waals surface area contributed by atoms with Crippen molar-refractivity contribution in [2.75, 3.05) is 0 Å². The van der Waals surface area contributed by atoms with E-state index in [-0.39, 0.29) is 0 Å². The van der Waals surface area contributed by atoms with E-state index in [0.717, 1.165) is 12.4 Å². The Morgan fingerprint density at radius 2 is 2.06 bits per heavy atom. The number of aromatic nitrogens is 2. The second-order valence-corrected chi connectivity index (χ2v) is 3.82. The van der Waals surface area contributed by atoms with Crippen LogP contribution in [0.15, 0.2) is 42.7 Å². The third-order valence-corrected chi connectivity index (χ3v) is 2.63. The van der Waals surface area contributed by atoms with Crippen molar-refractivity contribution < 1.29 is 5.11 Å². The van der Waals surface area contributed by atoms with Crippen molar-refractivity contribution in [1.82, 2.24) is 9.55 Å². The number of imidazole rings is 1. The molecule has 1 atom stereocenters. The van der Waals surface area contributed by atoms with Crippen molar-refractivity contribution in [3.63, 3.8) is 0 Å². The molecule has 0 unspecified atom stereocenters. The van der Waals surface area contributed by atoms with Gasteiger partial charge in [0.2, 0.25) is 0 Å². The Kier molecular flexibility index (Phi) is 3.37. The summed E-state index contributed by atoms with van der Waals surface area (Å²) in [6.07, 6.45) is 3.85. The Morgan fingerprint density at radius 3 is 2.75 bits per heavy atom. The van der Waals surface area contributed by atoms with Gasteiger partial charge in [0.15, 0.2) is 0 Å². The van der Waals surface area contributed by atoms with Crippen LogP contribution < -0.4 is 0 Å². The first kappa shape index (κ1) is 10.9. The first-order chi connectivity index (χ1) is 7.81. The largest absolute Gasteiger partial charge is 0.385 e. The molecule has 0 spiro atoms. The van der Waals surface area contributed by atoms with Crippen molar-refractivity contribution in [3.05, 3.63) is 54.1 Å². The number of aliphatic hydroxyl groups is 1. The highest BCUT2D eigenvalue weighted by Gasteiger charge is 2.11. The number of aliphatic hydroxyl groups excluding tert-OH is 1. The zero-order valence-electron chi connectivity index (χ0n) is 9.37. The Labute approximate surface area is 95.4 Å². The van der Waals surface area contributed by atoms with E-state index in [1.165, 1.54) is 5.56 Å². The summed E-state index contributed by atoms with van der Waals surface area (Å²) in [5.41, 5.74) is 1.21. The fourth-order valence-corrected chi connectivity index (χ4v) is 1.71. The second kappa shape index (κ2) is 4.94. The highest BCUT2D eigenvalue weighted by atomic mass is 16.3. The third kappa shape index (κ3) is 2.31. The van der Waals surface area contributed by atoms with Crippen LogP contribution in [0.1, 0.15) is 30.8 Å². The van der Waals surface area contributed by atoms with Crippen LogP contribution in [0.25, 0.3) is 0 Å². The predicted octanol–water partition coefficient (Wildman–Crippen LogP) is 2.37. The fourth-order valence-electron chi connectivity index (χ4n) is 1.71. The van der Waals surface area contributed by atoms with Crippen LogP contribution >= 0.6 is 0 Å². The minimum atomic E-state index is -0.473. The van der Waals surface area contributed by atoms with Crippen LogP contribution in [0.5, 0.6) is 0 Å². The molecule has 2 rings (SSSR count). The molecule has 1 aromatic heterocycles. The minimum absolute atomic E-state index is 0.473. The first-order valence-electron chi connectivity index (χ1n) is 5.54. The molecule has 0 radical (unpaired) electrons. The smallest absolute Gasteiger partial charge is 0.137 e. The lowest BCUT2D eigenvalue weighted by Gasteiger charge is -2.11. The van der Waals surface area contributed by atoms with Crippen LogP contribution in [-0.4, -0.2) is 14.7 Å². The standard InChI is InChI=1S/C13H16N2O/c1-2-12(16)13-14-8-9-15(13)10-11-6-4-3-5-7-11/h3-9,12,16H,2,10H2,1H3/t12-/m0/s1. The normalized spacial score (nSPS) is 12.6. The lowest BCUT2D eigenvalue weighted by atomic mass is 10.2. The van der Waals surface area contributed by atoms with E-state index in [0.29, 0.717) is 6.42 Å². The molecule has 1 N–H and O–H groups in total. The Hall–Kier alpha value is -1.61. The molecule has 0 saturated carbocycles. The molecule has 2 aromatic rings. The molecular formula is C13H16N2O. The summed E-state index contributed by atoms with van der Waals surface area (Å²) in [6, 6.07) is 10.2. The van der Waals surface area contributed by atoms with E-state index < -0.39 is 6.10 Å². The van der Waals surface area contributed by atoms with Gasteiger partial charge in [0.05, 0.1) is 0 Å². The fraction of sp³-hybridized carbons (Fsp3) is 0.308. The van der Waals surface area contributed by atoms with Crippen molar-refractivity contribution >= 4 is 0 Å². The molecule has 1 heterocycles. The van der Waals surface area contributed by atoms with Gasteiger partial charge in [-0.3, -0.25) is 0 Å². The van der Waals surface area contributed by atoms with Gasteiger partial charge >= 0.3 is 0 Å². The van der Waals surface area contributed by atoms with E-state index in [4.69, 9.17) is 0 Å². The molecule has 84 valence electrons. The maximum atomic E-state index is 9.79. The summed E-state index contributed by atoms with van der Waals surface area (Å²) >= 11 is 0. The summed E-state index contributed by atoms with van der Waals surface area (Å²) in [4.78, 5) is 4.20. The zero-order chi connectivity index (χ0) is 11.4. The van der Waals surface area contributed by atoms with Crippen molar-refractivity contribution in [1.29, 1.82) is 0 Å². The SMILES string of the molecule is CC[C@H](O)c1nccn1Cc1ccccc1. The molecule has 16 heavy (non-hydrogen) atoms. The van der Waals surface area contributed by atoms with Crippen molar-refractivity contribution in [3.8, 4) is 0 Å². The van der Waals surface area contributed by atoms with Crippen LogP contribution in [0.4, 0.5) is 0 Å². The van der Waals surface area contributed by atoms with Crippen molar-refractivity contribution in [2.45, 2.75) is 26.0 Å². The van der Waals surface area contributed by atoms with Gasteiger partial charge < -0.3 is 9.67 Å². The monoisotopic (exact) mass is 216 g/mol. The van der Waals surface area contributed by atoms with E-state index >= 15 is 0 Å². The minimum Gasteiger partial charge on any atom is -0.385 e. The molecule has 3 nitrogen and oxygen atoms in total. The molecule has 0 bridgehead atoms. The van der Waals surface area contributed by atoms with Gasteiger partial charge in [-0.15, -0.1) is 0 Å². The van der Waals surface area contributed by atoms with Crippen LogP contribution in [0, 0.1) is 0 Å². The van der Waals surface area contributed by atoms with Gasteiger partial charge in [0, 0.05) is 18.9 Å². The lowest BCUT2D eigenvalue weighted by molar-refractivity contribution is 0.159. The van der Waals surface area contributed by atoms with Gasteiger partial charge in [-0.1, -0.05) is 37.3 Å². The Morgan fingerprint density at radius 1 is 1.31 bits per heavy atom. The summed E-state index contributed by atoms with van der Waals surface area (Å²) in [5.74, 6) is 0.742.